The molecular formula is C24H18F3N3O5S. The van der Waals surface area contributed by atoms with Crippen LogP contribution in [0.2, 0.25) is 0 Å². The summed E-state index contributed by atoms with van der Waals surface area (Å²) < 4.78 is 44.6. The van der Waals surface area contributed by atoms with Gasteiger partial charge in [0.15, 0.2) is 0 Å². The summed E-state index contributed by atoms with van der Waals surface area (Å²) in [6.07, 6.45) is -3.13. The average molecular weight is 517 g/mol. The Morgan fingerprint density at radius 3 is 2.58 bits per heavy atom. The number of hydrogen-bond acceptors (Lipinski definition) is 5. The van der Waals surface area contributed by atoms with Gasteiger partial charge in [-0.05, 0) is 54.7 Å². The van der Waals surface area contributed by atoms with E-state index in [1.54, 1.807) is 13.1 Å². The van der Waals surface area contributed by atoms with Gasteiger partial charge in [-0.2, -0.15) is 13.2 Å². The van der Waals surface area contributed by atoms with Crippen molar-refractivity contribution in [3.8, 4) is 5.69 Å². The van der Waals surface area contributed by atoms with E-state index in [4.69, 9.17) is 0 Å². The SMILES string of the molecule is Cn1c(=O)sc2cc(-n3cc(C(=O)O)c(=O)n([C@@H]4CCCc5c4cccc5C(F)(F)F)c3=O)ccc21. The van der Waals surface area contributed by atoms with Gasteiger partial charge in [0, 0.05) is 13.2 Å². The summed E-state index contributed by atoms with van der Waals surface area (Å²) in [6, 6.07) is 7.17. The van der Waals surface area contributed by atoms with Gasteiger partial charge in [0.1, 0.15) is 5.56 Å². The number of aromatic nitrogens is 3. The predicted octanol–water partition coefficient (Wildman–Crippen LogP) is 3.56. The van der Waals surface area contributed by atoms with Crippen LogP contribution in [0.3, 0.4) is 0 Å². The second-order valence-corrected chi connectivity index (χ2v) is 9.53. The van der Waals surface area contributed by atoms with Gasteiger partial charge in [-0.15, -0.1) is 0 Å². The molecule has 2 heterocycles. The molecule has 12 heteroatoms. The standard InChI is InChI=1S/C24H18F3N3O5S/c1-28-18-9-8-12(10-19(18)36-23(28)35)29-11-15(21(32)33)20(31)30(22(29)34)17-7-3-4-13-14(17)5-2-6-16(13)24(25,26)27/h2,5-6,8-11,17H,3-4,7H2,1H3,(H,32,33)/t17-/m1/s1. The molecule has 186 valence electrons. The molecule has 36 heavy (non-hydrogen) atoms. The maximum Gasteiger partial charge on any atom is 0.416 e. The van der Waals surface area contributed by atoms with Crippen molar-refractivity contribution in [2.75, 3.05) is 0 Å². The van der Waals surface area contributed by atoms with Gasteiger partial charge >= 0.3 is 22.7 Å². The van der Waals surface area contributed by atoms with Gasteiger partial charge in [0.2, 0.25) is 0 Å². The summed E-state index contributed by atoms with van der Waals surface area (Å²) in [6.45, 7) is 0. The van der Waals surface area contributed by atoms with Gasteiger partial charge in [-0.3, -0.25) is 18.7 Å². The second-order valence-electron chi connectivity index (χ2n) is 8.53. The van der Waals surface area contributed by atoms with Crippen molar-refractivity contribution in [2.45, 2.75) is 31.5 Å². The molecule has 1 aliphatic rings. The smallest absolute Gasteiger partial charge is 0.416 e. The van der Waals surface area contributed by atoms with Gasteiger partial charge < -0.3 is 9.67 Å². The van der Waals surface area contributed by atoms with E-state index in [2.05, 4.69) is 0 Å². The van der Waals surface area contributed by atoms with Crippen LogP contribution < -0.4 is 16.1 Å². The molecule has 0 spiro atoms. The Morgan fingerprint density at radius 2 is 1.89 bits per heavy atom. The van der Waals surface area contributed by atoms with Crippen LogP contribution in [0.5, 0.6) is 0 Å². The molecule has 2 aromatic carbocycles. The van der Waals surface area contributed by atoms with Crippen molar-refractivity contribution in [1.29, 1.82) is 0 Å². The summed E-state index contributed by atoms with van der Waals surface area (Å²) in [7, 11) is 1.59. The lowest BCUT2D eigenvalue weighted by Gasteiger charge is -2.29. The molecule has 0 unspecified atom stereocenters. The fourth-order valence-corrected chi connectivity index (χ4v) is 5.72. The normalized spacial score (nSPS) is 15.7. The number of carboxylic acids is 1. The van der Waals surface area contributed by atoms with Crippen molar-refractivity contribution in [3.63, 3.8) is 0 Å². The molecule has 5 rings (SSSR count). The fraction of sp³-hybridized carbons (Fsp3) is 0.250. The summed E-state index contributed by atoms with van der Waals surface area (Å²) >= 11 is 0.935. The monoisotopic (exact) mass is 517 g/mol. The minimum absolute atomic E-state index is 0.00434. The molecule has 0 bridgehead atoms. The summed E-state index contributed by atoms with van der Waals surface area (Å²) in [5.41, 5.74) is -2.53. The number of halogens is 3. The number of carbonyl (C=O) groups is 1. The highest BCUT2D eigenvalue weighted by molar-refractivity contribution is 7.16. The molecule has 4 aromatic rings. The van der Waals surface area contributed by atoms with Crippen molar-refractivity contribution < 1.29 is 23.1 Å². The van der Waals surface area contributed by atoms with E-state index >= 15 is 0 Å². The molecule has 1 atom stereocenters. The van der Waals surface area contributed by atoms with Gasteiger partial charge in [0.05, 0.1) is 27.5 Å². The summed E-state index contributed by atoms with van der Waals surface area (Å²) in [5, 5.41) is 9.69. The first-order valence-electron chi connectivity index (χ1n) is 10.9. The highest BCUT2D eigenvalue weighted by Gasteiger charge is 2.37. The van der Waals surface area contributed by atoms with E-state index in [1.807, 2.05) is 0 Å². The van der Waals surface area contributed by atoms with Gasteiger partial charge in [0.25, 0.3) is 5.56 Å². The maximum atomic E-state index is 13.6. The Labute approximate surface area is 204 Å². The van der Waals surface area contributed by atoms with E-state index in [9.17, 15) is 37.5 Å². The maximum absolute atomic E-state index is 13.6. The van der Waals surface area contributed by atoms with Gasteiger partial charge in [-0.25, -0.2) is 9.59 Å². The van der Waals surface area contributed by atoms with Crippen LogP contribution in [0.15, 0.2) is 57.0 Å². The topological polar surface area (TPSA) is 103 Å². The third kappa shape index (κ3) is 3.68. The van der Waals surface area contributed by atoms with Crippen LogP contribution in [0.4, 0.5) is 13.2 Å². The van der Waals surface area contributed by atoms with E-state index < -0.39 is 40.6 Å². The quantitative estimate of drug-likeness (QED) is 0.448. The average Bonchev–Trinajstić information content (AvgIpc) is 3.10. The van der Waals surface area contributed by atoms with E-state index in [0.29, 0.717) is 10.2 Å². The third-order valence-electron chi connectivity index (χ3n) is 6.50. The number of rotatable bonds is 3. The number of thiazole rings is 1. The number of carboxylic acid groups (broad SMARTS) is 1. The first-order valence-corrected chi connectivity index (χ1v) is 11.7. The molecule has 0 fully saturated rings. The first-order chi connectivity index (χ1) is 17.0. The minimum atomic E-state index is -4.62. The molecule has 0 radical (unpaired) electrons. The van der Waals surface area contributed by atoms with Crippen LogP contribution in [-0.4, -0.2) is 24.8 Å². The number of benzene rings is 2. The number of aromatic carboxylic acids is 1. The zero-order valence-electron chi connectivity index (χ0n) is 18.7. The lowest BCUT2D eigenvalue weighted by Crippen LogP contribution is -2.45. The number of aryl methyl sites for hydroxylation is 1. The predicted molar refractivity (Wildman–Crippen MR) is 126 cm³/mol. The number of fused-ring (bicyclic) bond motifs is 2. The van der Waals surface area contributed by atoms with Crippen molar-refractivity contribution in [2.24, 2.45) is 7.05 Å². The lowest BCUT2D eigenvalue weighted by atomic mass is 9.84. The molecule has 1 aliphatic carbocycles. The van der Waals surface area contributed by atoms with E-state index in [-0.39, 0.29) is 40.9 Å². The van der Waals surface area contributed by atoms with Crippen molar-refractivity contribution in [3.05, 3.63) is 95.4 Å². The zero-order valence-corrected chi connectivity index (χ0v) is 19.5. The summed E-state index contributed by atoms with van der Waals surface area (Å²) in [5.74, 6) is -1.58. The molecular weight excluding hydrogens is 499 g/mol. The Bertz CT molecular complexity index is 1730. The third-order valence-corrected chi connectivity index (χ3v) is 7.49. The van der Waals surface area contributed by atoms with Crippen LogP contribution in [0, 0.1) is 0 Å². The van der Waals surface area contributed by atoms with Crippen LogP contribution in [-0.2, 0) is 19.6 Å². The molecule has 0 saturated carbocycles. The van der Waals surface area contributed by atoms with Crippen LogP contribution in [0.25, 0.3) is 15.9 Å². The Hall–Kier alpha value is -3.93. The Kier molecular flexibility index (Phi) is 5.51. The molecule has 8 nitrogen and oxygen atoms in total. The minimum Gasteiger partial charge on any atom is -0.477 e. The molecule has 0 amide bonds. The van der Waals surface area contributed by atoms with Crippen LogP contribution >= 0.6 is 11.3 Å². The molecule has 2 aromatic heterocycles. The Morgan fingerprint density at radius 1 is 1.14 bits per heavy atom. The number of hydrogen-bond donors (Lipinski definition) is 1. The number of nitrogens with zero attached hydrogens (tertiary/aromatic N) is 3. The van der Waals surface area contributed by atoms with Crippen molar-refractivity contribution >= 4 is 27.5 Å². The zero-order chi connectivity index (χ0) is 25.9. The lowest BCUT2D eigenvalue weighted by molar-refractivity contribution is -0.138. The number of alkyl halides is 3. The van der Waals surface area contributed by atoms with Crippen molar-refractivity contribution in [1.82, 2.24) is 13.7 Å². The Balaban J connectivity index is 1.78. The molecule has 0 aliphatic heterocycles. The summed E-state index contributed by atoms with van der Waals surface area (Å²) in [4.78, 5) is 50.5. The highest BCUT2D eigenvalue weighted by atomic mass is 32.1. The first kappa shape index (κ1) is 23.8. The fourth-order valence-electron chi connectivity index (χ4n) is 4.81. The molecule has 0 saturated heterocycles. The van der Waals surface area contributed by atoms with Crippen LogP contribution in [0.1, 0.15) is 45.9 Å². The van der Waals surface area contributed by atoms with E-state index in [0.717, 1.165) is 32.7 Å². The van der Waals surface area contributed by atoms with E-state index in [1.165, 1.54) is 28.8 Å². The molecule has 1 N–H and O–H groups in total. The second kappa shape index (κ2) is 8.33. The largest absolute Gasteiger partial charge is 0.477 e. The highest BCUT2D eigenvalue weighted by Crippen LogP contribution is 2.40. The van der Waals surface area contributed by atoms with Gasteiger partial charge in [-0.1, -0.05) is 23.5 Å².